The molecule has 1 atom stereocenters. The minimum absolute atomic E-state index is 0.0884. The molecule has 202 valence electrons. The van der Waals surface area contributed by atoms with E-state index in [9.17, 15) is 4.79 Å². The Morgan fingerprint density at radius 2 is 1.60 bits per heavy atom. The minimum Gasteiger partial charge on any atom is -0.497 e. The van der Waals surface area contributed by atoms with Crippen LogP contribution in [0.2, 0.25) is 0 Å². The quantitative estimate of drug-likeness (QED) is 0.238. The summed E-state index contributed by atoms with van der Waals surface area (Å²) in [7, 11) is 1.67. The van der Waals surface area contributed by atoms with Gasteiger partial charge in [-0.1, -0.05) is 23.8 Å². The Labute approximate surface area is 235 Å². The number of pyridine rings is 1. The summed E-state index contributed by atoms with van der Waals surface area (Å²) in [5, 5.41) is 0. The fourth-order valence-electron chi connectivity index (χ4n) is 6.15. The first kappa shape index (κ1) is 25.8. The lowest BCUT2D eigenvalue weighted by Gasteiger charge is -2.36. The average molecular weight is 531 g/mol. The van der Waals surface area contributed by atoms with Crippen molar-refractivity contribution in [3.05, 3.63) is 107 Å². The first-order valence-electron chi connectivity index (χ1n) is 13.9. The van der Waals surface area contributed by atoms with E-state index in [4.69, 9.17) is 9.72 Å². The number of hydrogen-bond donors (Lipinski definition) is 0. The molecule has 40 heavy (non-hydrogen) atoms. The molecule has 0 bridgehead atoms. The molecule has 3 aromatic carbocycles. The molecule has 6 nitrogen and oxygen atoms in total. The number of aromatic nitrogens is 3. The van der Waals surface area contributed by atoms with Crippen LogP contribution in [0.15, 0.2) is 79.1 Å². The Bertz CT molecular complexity index is 1670. The number of hydrogen-bond acceptors (Lipinski definition) is 4. The highest BCUT2D eigenvalue weighted by molar-refractivity contribution is 5.97. The monoisotopic (exact) mass is 530 g/mol. The molecule has 0 saturated carbocycles. The first-order valence-corrected chi connectivity index (χ1v) is 13.9. The van der Waals surface area contributed by atoms with Gasteiger partial charge in [-0.2, -0.15) is 0 Å². The Morgan fingerprint density at radius 3 is 2.30 bits per heavy atom. The Morgan fingerprint density at radius 1 is 0.875 bits per heavy atom. The summed E-state index contributed by atoms with van der Waals surface area (Å²) in [6, 6.07) is 22.6. The molecule has 1 fully saturated rings. The van der Waals surface area contributed by atoms with Gasteiger partial charge in [0.1, 0.15) is 11.6 Å². The van der Waals surface area contributed by atoms with Crippen LogP contribution in [0.25, 0.3) is 27.8 Å². The minimum atomic E-state index is -0.139. The molecule has 1 aliphatic rings. The van der Waals surface area contributed by atoms with Gasteiger partial charge in [-0.15, -0.1) is 0 Å². The smallest absolute Gasteiger partial charge is 0.255 e. The lowest BCUT2D eigenvalue weighted by molar-refractivity contribution is 0.0597. The second kappa shape index (κ2) is 10.6. The van der Waals surface area contributed by atoms with Crippen molar-refractivity contribution in [2.45, 2.75) is 46.1 Å². The van der Waals surface area contributed by atoms with Gasteiger partial charge < -0.3 is 9.64 Å². The van der Waals surface area contributed by atoms with Gasteiger partial charge in [0.15, 0.2) is 0 Å². The molecular weight excluding hydrogens is 496 g/mol. The topological polar surface area (TPSA) is 60.2 Å². The number of rotatable bonds is 5. The van der Waals surface area contributed by atoms with E-state index in [1.807, 2.05) is 50.5 Å². The molecule has 1 saturated heterocycles. The van der Waals surface area contributed by atoms with Crippen LogP contribution in [0.5, 0.6) is 5.75 Å². The fraction of sp³-hybridized carbons (Fsp3) is 0.265. The van der Waals surface area contributed by atoms with Gasteiger partial charge in [0, 0.05) is 30.2 Å². The van der Waals surface area contributed by atoms with Crippen LogP contribution in [0.3, 0.4) is 0 Å². The van der Waals surface area contributed by atoms with E-state index in [0.717, 1.165) is 75.4 Å². The number of aryl methyl sites for hydroxylation is 3. The number of nitrogens with zero attached hydrogens (tertiary/aromatic N) is 4. The highest BCUT2D eigenvalue weighted by Gasteiger charge is 2.34. The zero-order valence-electron chi connectivity index (χ0n) is 23.5. The van der Waals surface area contributed by atoms with Gasteiger partial charge in [-0.05, 0) is 111 Å². The van der Waals surface area contributed by atoms with Crippen molar-refractivity contribution in [2.24, 2.45) is 0 Å². The standard InChI is InChI=1S/C34H34N4O2/c1-22-19-23(2)32(24(3)20-22)34(39)37-18-6-5-7-31(37)33-36-29-21-26(25-14-16-35-17-15-25)8-13-30(29)38(33)27-9-11-28(40-4)12-10-27/h8-17,19-21,31H,5-7,18H2,1-4H3. The maximum Gasteiger partial charge on any atom is 0.255 e. The maximum atomic E-state index is 14.2. The summed E-state index contributed by atoms with van der Waals surface area (Å²) >= 11 is 0. The van der Waals surface area contributed by atoms with Gasteiger partial charge in [-0.3, -0.25) is 14.3 Å². The summed E-state index contributed by atoms with van der Waals surface area (Å²) in [5.74, 6) is 1.78. The van der Waals surface area contributed by atoms with Crippen molar-refractivity contribution in [2.75, 3.05) is 13.7 Å². The SMILES string of the molecule is COc1ccc(-n2c(C3CCCCN3C(=O)c3c(C)cc(C)cc3C)nc3cc(-c4ccncc4)ccc32)cc1. The largest absolute Gasteiger partial charge is 0.497 e. The molecule has 0 spiro atoms. The zero-order valence-corrected chi connectivity index (χ0v) is 23.5. The summed E-state index contributed by atoms with van der Waals surface area (Å²) in [4.78, 5) is 25.7. The zero-order chi connectivity index (χ0) is 27.8. The van der Waals surface area contributed by atoms with Crippen molar-refractivity contribution in [3.8, 4) is 22.6 Å². The number of carbonyl (C=O) groups excluding carboxylic acids is 1. The number of carbonyl (C=O) groups is 1. The third-order valence-corrected chi connectivity index (χ3v) is 7.98. The summed E-state index contributed by atoms with van der Waals surface area (Å²) < 4.78 is 7.65. The molecule has 2 aromatic heterocycles. The van der Waals surface area contributed by atoms with E-state index in [-0.39, 0.29) is 11.9 Å². The van der Waals surface area contributed by atoms with Crippen LogP contribution >= 0.6 is 0 Å². The van der Waals surface area contributed by atoms with Crippen LogP contribution in [0, 0.1) is 20.8 Å². The summed E-state index contributed by atoms with van der Waals surface area (Å²) in [6.07, 6.45) is 6.52. The van der Waals surface area contributed by atoms with E-state index in [1.165, 1.54) is 5.56 Å². The van der Waals surface area contributed by atoms with Crippen LogP contribution < -0.4 is 4.74 Å². The number of benzene rings is 3. The number of amides is 1. The number of methoxy groups -OCH3 is 1. The lowest BCUT2D eigenvalue weighted by atomic mass is 9.95. The van der Waals surface area contributed by atoms with E-state index in [2.05, 4.69) is 63.8 Å². The summed E-state index contributed by atoms with van der Waals surface area (Å²) in [5.41, 5.74) is 9.13. The van der Waals surface area contributed by atoms with Gasteiger partial charge in [-0.25, -0.2) is 4.98 Å². The van der Waals surface area contributed by atoms with E-state index >= 15 is 0 Å². The van der Waals surface area contributed by atoms with E-state index in [0.29, 0.717) is 6.54 Å². The first-order chi connectivity index (χ1) is 19.4. The van der Waals surface area contributed by atoms with E-state index < -0.39 is 0 Å². The molecule has 0 aliphatic carbocycles. The third-order valence-electron chi connectivity index (χ3n) is 7.98. The molecule has 1 aliphatic heterocycles. The lowest BCUT2D eigenvalue weighted by Crippen LogP contribution is -2.40. The highest BCUT2D eigenvalue weighted by Crippen LogP contribution is 2.37. The number of likely N-dealkylation sites (tertiary alicyclic amines) is 1. The van der Waals surface area contributed by atoms with Crippen molar-refractivity contribution >= 4 is 16.9 Å². The van der Waals surface area contributed by atoms with Gasteiger partial charge in [0.25, 0.3) is 5.91 Å². The second-order valence-corrected chi connectivity index (χ2v) is 10.7. The Kier molecular flexibility index (Phi) is 6.84. The molecule has 1 unspecified atom stereocenters. The van der Waals surface area contributed by atoms with Crippen LogP contribution in [-0.4, -0.2) is 39.0 Å². The van der Waals surface area contributed by atoms with Gasteiger partial charge >= 0.3 is 0 Å². The average Bonchev–Trinajstić information content (AvgIpc) is 3.36. The van der Waals surface area contributed by atoms with Crippen molar-refractivity contribution in [1.82, 2.24) is 19.4 Å². The summed E-state index contributed by atoms with van der Waals surface area (Å²) in [6.45, 7) is 6.87. The predicted molar refractivity (Wildman–Crippen MR) is 159 cm³/mol. The second-order valence-electron chi connectivity index (χ2n) is 10.7. The molecule has 5 aromatic rings. The van der Waals surface area contributed by atoms with Crippen LogP contribution in [0.1, 0.15) is 58.2 Å². The molecule has 6 heteroatoms. The molecule has 6 rings (SSSR count). The van der Waals surface area contributed by atoms with Crippen LogP contribution in [-0.2, 0) is 0 Å². The normalized spacial score (nSPS) is 15.4. The Hall–Kier alpha value is -4.45. The van der Waals surface area contributed by atoms with Gasteiger partial charge in [0.2, 0.25) is 0 Å². The van der Waals surface area contributed by atoms with E-state index in [1.54, 1.807) is 7.11 Å². The maximum absolute atomic E-state index is 14.2. The third kappa shape index (κ3) is 4.64. The number of ether oxygens (including phenoxy) is 1. The number of fused-ring (bicyclic) bond motifs is 1. The molecule has 0 radical (unpaired) electrons. The predicted octanol–water partition coefficient (Wildman–Crippen LogP) is 7.39. The van der Waals surface area contributed by atoms with Crippen molar-refractivity contribution in [1.29, 1.82) is 0 Å². The molecule has 0 N–H and O–H groups in total. The molecular formula is C34H34N4O2. The number of imidazole rings is 1. The molecule has 3 heterocycles. The van der Waals surface area contributed by atoms with Crippen molar-refractivity contribution in [3.63, 3.8) is 0 Å². The number of piperidine rings is 1. The molecule has 1 amide bonds. The Balaban J connectivity index is 1.51. The van der Waals surface area contributed by atoms with Crippen LogP contribution in [0.4, 0.5) is 0 Å². The van der Waals surface area contributed by atoms with Gasteiger partial charge in [0.05, 0.1) is 24.2 Å². The highest BCUT2D eigenvalue weighted by atomic mass is 16.5. The van der Waals surface area contributed by atoms with Crippen molar-refractivity contribution < 1.29 is 9.53 Å². The fourth-order valence-corrected chi connectivity index (χ4v) is 6.15.